The lowest BCUT2D eigenvalue weighted by atomic mass is 9.89. The van der Waals surface area contributed by atoms with Gasteiger partial charge in [0.05, 0.1) is 0 Å². The molecule has 0 saturated carbocycles. The molecule has 0 amide bonds. The first-order chi connectivity index (χ1) is 11.9. The van der Waals surface area contributed by atoms with Gasteiger partial charge in [0, 0.05) is 18.1 Å². The van der Waals surface area contributed by atoms with Gasteiger partial charge in [0.2, 0.25) is 6.79 Å². The van der Waals surface area contributed by atoms with Crippen molar-refractivity contribution in [2.45, 2.75) is 64.6 Å². The second-order valence-corrected chi connectivity index (χ2v) is 13.8. The minimum absolute atomic E-state index is 0.331. The van der Waals surface area contributed by atoms with E-state index in [0.717, 1.165) is 24.5 Å². The van der Waals surface area contributed by atoms with Crippen molar-refractivity contribution in [1.29, 1.82) is 0 Å². The largest absolute Gasteiger partial charge is 0.454 e. The van der Waals surface area contributed by atoms with Crippen LogP contribution in [0.1, 0.15) is 52.7 Å². The van der Waals surface area contributed by atoms with E-state index >= 15 is 0 Å². The van der Waals surface area contributed by atoms with Crippen LogP contribution in [-0.4, -0.2) is 21.7 Å². The molecule has 0 radical (unpaired) electrons. The molecular weight excluding hydrogens is 328 g/mol. The zero-order valence-electron chi connectivity index (χ0n) is 16.5. The van der Waals surface area contributed by atoms with Crippen LogP contribution in [-0.2, 0) is 10.8 Å². The topological polar surface area (TPSA) is 27.7 Å². The Morgan fingerprint density at radius 2 is 1.72 bits per heavy atom. The molecule has 0 fully saturated rings. The first-order valence-electron chi connectivity index (χ1n) is 9.59. The van der Waals surface area contributed by atoms with Gasteiger partial charge in [-0.05, 0) is 34.7 Å². The Balaban J connectivity index is 1.74. The van der Waals surface area contributed by atoms with Crippen molar-refractivity contribution in [1.82, 2.24) is 0 Å². The molecule has 0 N–H and O–H groups in total. The Morgan fingerprint density at radius 3 is 2.36 bits per heavy atom. The molecule has 0 aromatic heterocycles. The van der Waals surface area contributed by atoms with Crippen molar-refractivity contribution >= 4 is 14.4 Å². The fourth-order valence-electron chi connectivity index (χ4n) is 4.84. The van der Waals surface area contributed by atoms with Crippen LogP contribution in [0.25, 0.3) is 6.08 Å². The van der Waals surface area contributed by atoms with Gasteiger partial charge in [0.25, 0.3) is 0 Å². The highest BCUT2D eigenvalue weighted by Gasteiger charge is 2.45. The predicted octanol–water partition coefficient (Wildman–Crippen LogP) is 5.79. The van der Waals surface area contributed by atoms with Gasteiger partial charge in [-0.25, -0.2) is 0 Å². The molecule has 2 aliphatic rings. The molecular formula is C21H32O3Si. The predicted molar refractivity (Wildman–Crippen MR) is 106 cm³/mol. The standard InChI is InChI=1S/C21H32O3Si/c1-14(2)25(15(3)4,16(5)6)24-12-17-7-9-19-18(11-17)8-10-20-21(19)23-13-22-20/h7-10,14-17H,11-13H2,1-6H3. The lowest BCUT2D eigenvalue weighted by molar-refractivity contribution is 0.173. The van der Waals surface area contributed by atoms with Gasteiger partial charge in [-0.2, -0.15) is 0 Å². The normalized spacial score (nSPS) is 19.2. The number of hydrogen-bond donors (Lipinski definition) is 0. The maximum absolute atomic E-state index is 6.79. The first-order valence-corrected chi connectivity index (χ1v) is 11.7. The fourth-order valence-corrected chi connectivity index (χ4v) is 10.3. The first kappa shape index (κ1) is 18.5. The summed E-state index contributed by atoms with van der Waals surface area (Å²) in [5.74, 6) is 2.21. The lowest BCUT2D eigenvalue weighted by Crippen LogP contribution is -2.48. The Labute approximate surface area is 153 Å². The maximum atomic E-state index is 6.79. The van der Waals surface area contributed by atoms with Crippen molar-refractivity contribution in [3.05, 3.63) is 29.3 Å². The number of fused-ring (bicyclic) bond motifs is 3. The van der Waals surface area contributed by atoms with Gasteiger partial charge in [0.1, 0.15) is 0 Å². The second kappa shape index (κ2) is 7.16. The van der Waals surface area contributed by atoms with Crippen LogP contribution < -0.4 is 9.47 Å². The molecule has 1 aliphatic heterocycles. The summed E-state index contributed by atoms with van der Waals surface area (Å²) in [4.78, 5) is 0. The van der Waals surface area contributed by atoms with E-state index in [1.807, 2.05) is 6.07 Å². The molecule has 1 heterocycles. The lowest BCUT2D eigenvalue weighted by Gasteiger charge is -2.43. The molecule has 1 aromatic carbocycles. The number of rotatable bonds is 6. The summed E-state index contributed by atoms with van der Waals surface area (Å²) in [6.07, 6.45) is 5.51. The van der Waals surface area contributed by atoms with Gasteiger partial charge in [-0.3, -0.25) is 0 Å². The Kier molecular flexibility index (Phi) is 5.31. The molecule has 1 aromatic rings. The van der Waals surface area contributed by atoms with Crippen LogP contribution in [0, 0.1) is 5.92 Å². The van der Waals surface area contributed by atoms with Crippen molar-refractivity contribution in [3.8, 4) is 11.5 Å². The fraction of sp³-hybridized carbons (Fsp3) is 0.619. The highest BCUT2D eigenvalue weighted by atomic mass is 28.4. The molecule has 4 heteroatoms. The maximum Gasteiger partial charge on any atom is 0.231 e. The summed E-state index contributed by atoms with van der Waals surface area (Å²) < 4.78 is 17.9. The van der Waals surface area contributed by atoms with Gasteiger partial charge in [-0.1, -0.05) is 59.8 Å². The summed E-state index contributed by atoms with van der Waals surface area (Å²) in [6, 6.07) is 4.21. The molecule has 1 aliphatic carbocycles. The zero-order chi connectivity index (χ0) is 18.2. The monoisotopic (exact) mass is 360 g/mol. The quantitative estimate of drug-likeness (QED) is 0.601. The zero-order valence-corrected chi connectivity index (χ0v) is 17.5. The molecule has 1 atom stereocenters. The third-order valence-electron chi connectivity index (χ3n) is 5.94. The average molecular weight is 361 g/mol. The van der Waals surface area contributed by atoms with Crippen molar-refractivity contribution in [2.75, 3.05) is 13.4 Å². The molecule has 138 valence electrons. The van der Waals surface area contributed by atoms with E-state index in [1.165, 1.54) is 11.1 Å². The van der Waals surface area contributed by atoms with E-state index in [4.69, 9.17) is 13.9 Å². The van der Waals surface area contributed by atoms with Crippen LogP contribution in [0.5, 0.6) is 11.5 Å². The van der Waals surface area contributed by atoms with Crippen LogP contribution in [0.3, 0.4) is 0 Å². The van der Waals surface area contributed by atoms with E-state index in [9.17, 15) is 0 Å². The minimum Gasteiger partial charge on any atom is -0.454 e. The van der Waals surface area contributed by atoms with E-state index < -0.39 is 8.32 Å². The van der Waals surface area contributed by atoms with Crippen LogP contribution in [0.4, 0.5) is 0 Å². The highest BCUT2D eigenvalue weighted by Crippen LogP contribution is 2.44. The van der Waals surface area contributed by atoms with Crippen molar-refractivity contribution < 1.29 is 13.9 Å². The summed E-state index contributed by atoms with van der Waals surface area (Å²) in [5.41, 5.74) is 4.40. The molecule has 1 unspecified atom stereocenters. The second-order valence-electron chi connectivity index (χ2n) is 8.32. The summed E-state index contributed by atoms with van der Waals surface area (Å²) >= 11 is 0. The smallest absolute Gasteiger partial charge is 0.231 e. The minimum atomic E-state index is -1.80. The van der Waals surface area contributed by atoms with E-state index in [0.29, 0.717) is 29.3 Å². The number of benzene rings is 1. The van der Waals surface area contributed by atoms with Crippen LogP contribution >= 0.6 is 0 Å². The van der Waals surface area contributed by atoms with E-state index in [2.05, 4.69) is 59.8 Å². The third-order valence-corrected chi connectivity index (χ3v) is 12.0. The van der Waals surface area contributed by atoms with E-state index in [1.54, 1.807) is 0 Å². The number of hydrogen-bond acceptors (Lipinski definition) is 3. The number of ether oxygens (including phenoxy) is 2. The Hall–Kier alpha value is -1.26. The van der Waals surface area contributed by atoms with Gasteiger partial charge >= 0.3 is 0 Å². The Bertz CT molecular complexity index is 627. The third kappa shape index (κ3) is 3.26. The highest BCUT2D eigenvalue weighted by molar-refractivity contribution is 6.77. The summed E-state index contributed by atoms with van der Waals surface area (Å²) in [5, 5.41) is 0. The van der Waals surface area contributed by atoms with Gasteiger partial charge in [0.15, 0.2) is 19.8 Å². The summed E-state index contributed by atoms with van der Waals surface area (Å²) in [7, 11) is -1.80. The molecule has 0 bridgehead atoms. The Morgan fingerprint density at radius 1 is 1.04 bits per heavy atom. The molecule has 25 heavy (non-hydrogen) atoms. The van der Waals surface area contributed by atoms with Gasteiger partial charge < -0.3 is 13.9 Å². The van der Waals surface area contributed by atoms with E-state index in [-0.39, 0.29) is 0 Å². The van der Waals surface area contributed by atoms with Crippen LogP contribution in [0.2, 0.25) is 16.6 Å². The van der Waals surface area contributed by atoms with Crippen molar-refractivity contribution in [3.63, 3.8) is 0 Å². The molecule has 3 nitrogen and oxygen atoms in total. The van der Waals surface area contributed by atoms with Crippen molar-refractivity contribution in [2.24, 2.45) is 5.92 Å². The SMILES string of the molecule is CC(C)[Si](OCC1C=Cc2c(ccc3c2OCO3)C1)(C(C)C)C(C)C. The molecule has 3 rings (SSSR count). The average Bonchev–Trinajstić information content (AvgIpc) is 3.03. The molecule has 0 saturated heterocycles. The summed E-state index contributed by atoms with van der Waals surface area (Å²) in [6.45, 7) is 15.2. The van der Waals surface area contributed by atoms with Gasteiger partial charge in [-0.15, -0.1) is 0 Å². The van der Waals surface area contributed by atoms with Crippen LogP contribution in [0.15, 0.2) is 18.2 Å². The molecule has 0 spiro atoms.